The molecule has 3 rings (SSSR count). The van der Waals surface area contributed by atoms with Crippen molar-refractivity contribution in [2.24, 2.45) is 5.73 Å². The third kappa shape index (κ3) is 4.19. The average molecular weight is 400 g/mol. The number of nitrogens with zero attached hydrogens (tertiary/aromatic N) is 1. The lowest BCUT2D eigenvalue weighted by Crippen LogP contribution is -2.52. The molecule has 148 valence electrons. The fourth-order valence-corrected chi connectivity index (χ4v) is 5.29. The van der Waals surface area contributed by atoms with E-state index in [1.807, 2.05) is 73.7 Å². The molecule has 1 heterocycles. The minimum absolute atomic E-state index is 0.133. The zero-order chi connectivity index (χ0) is 20.0. The number of nitrogens with two attached hydrogens (primary N) is 1. The summed E-state index contributed by atoms with van der Waals surface area (Å²) >= 11 is 0. The first kappa shape index (κ1) is 20.3. The molecule has 5 nitrogen and oxygen atoms in total. The number of rotatable bonds is 8. The zero-order valence-corrected chi connectivity index (χ0v) is 16.9. The van der Waals surface area contributed by atoms with Crippen LogP contribution in [0.1, 0.15) is 19.8 Å². The molecule has 1 aliphatic heterocycles. The summed E-state index contributed by atoms with van der Waals surface area (Å²) in [7, 11) is -3.46. The lowest BCUT2D eigenvalue weighted by atomic mass is 10.2. The van der Waals surface area contributed by atoms with Crippen LogP contribution in [0.15, 0.2) is 78.5 Å². The number of unbranched alkanes of at least 4 members (excludes halogenated alkanes) is 1. The fourth-order valence-electron chi connectivity index (χ4n) is 3.26. The molecular formula is C22H27N2O3S+. The van der Waals surface area contributed by atoms with Gasteiger partial charge in [-0.3, -0.25) is 0 Å². The normalized spacial score (nSPS) is 19.3. The average Bonchev–Trinajstić information content (AvgIpc) is 2.73. The van der Waals surface area contributed by atoms with Gasteiger partial charge in [-0.2, -0.15) is 12.3 Å². The van der Waals surface area contributed by atoms with E-state index in [9.17, 15) is 8.42 Å². The number of hydrogen-bond donors (Lipinski definition) is 1. The highest BCUT2D eigenvalue weighted by molar-refractivity contribution is 7.91. The number of sulfonamides is 1. The van der Waals surface area contributed by atoms with Gasteiger partial charge in [0, 0.05) is 24.3 Å². The van der Waals surface area contributed by atoms with E-state index in [-0.39, 0.29) is 9.64 Å². The predicted molar refractivity (Wildman–Crippen MR) is 115 cm³/mol. The highest BCUT2D eigenvalue weighted by Crippen LogP contribution is 2.35. The molecule has 2 N–H and O–H groups in total. The first-order valence-electron chi connectivity index (χ1n) is 9.53. The Labute approximate surface area is 167 Å². The third-order valence-corrected chi connectivity index (χ3v) is 7.09. The lowest BCUT2D eigenvalue weighted by molar-refractivity contribution is 0.480. The molecule has 1 atom stereocenters. The Hall–Kier alpha value is -2.41. The maximum absolute atomic E-state index is 13.3. The number of quaternary nitrogens is 1. The molecule has 0 spiro atoms. The summed E-state index contributed by atoms with van der Waals surface area (Å²) in [6.07, 6.45) is 7.02. The van der Waals surface area contributed by atoms with Gasteiger partial charge in [-0.25, -0.2) is 0 Å². The van der Waals surface area contributed by atoms with Crippen molar-refractivity contribution in [2.45, 2.75) is 19.8 Å². The highest BCUT2D eigenvalue weighted by atomic mass is 32.2. The summed E-state index contributed by atoms with van der Waals surface area (Å²) in [4.78, 5) is 0. The van der Waals surface area contributed by atoms with Crippen molar-refractivity contribution >= 4 is 15.7 Å². The predicted octanol–water partition coefficient (Wildman–Crippen LogP) is 4.33. The Morgan fingerprint density at radius 3 is 2.36 bits per heavy atom. The Balaban J connectivity index is 1.97. The second-order valence-corrected chi connectivity index (χ2v) is 9.06. The molecule has 1 aliphatic rings. The molecule has 0 aromatic heterocycles. The smallest absolute Gasteiger partial charge is 0.306 e. The van der Waals surface area contributed by atoms with Crippen LogP contribution in [-0.2, 0) is 10.0 Å². The van der Waals surface area contributed by atoms with Gasteiger partial charge < -0.3 is 10.5 Å². The Kier molecular flexibility index (Phi) is 6.34. The molecule has 0 radical (unpaired) electrons. The van der Waals surface area contributed by atoms with Crippen LogP contribution in [0, 0.1) is 0 Å². The van der Waals surface area contributed by atoms with Gasteiger partial charge in [0.15, 0.2) is 5.69 Å². The van der Waals surface area contributed by atoms with E-state index in [2.05, 4.69) is 0 Å². The minimum atomic E-state index is -3.46. The highest BCUT2D eigenvalue weighted by Gasteiger charge is 2.43. The van der Waals surface area contributed by atoms with E-state index in [4.69, 9.17) is 10.5 Å². The van der Waals surface area contributed by atoms with Gasteiger partial charge in [-0.15, -0.1) is 0 Å². The van der Waals surface area contributed by atoms with Gasteiger partial charge in [0.2, 0.25) is 0 Å². The van der Waals surface area contributed by atoms with Crippen LogP contribution >= 0.6 is 0 Å². The minimum Gasteiger partial charge on any atom is -0.457 e. The lowest BCUT2D eigenvalue weighted by Gasteiger charge is -2.34. The summed E-state index contributed by atoms with van der Waals surface area (Å²) in [5, 5.41) is 0. The van der Waals surface area contributed by atoms with E-state index in [1.54, 1.807) is 6.20 Å². The van der Waals surface area contributed by atoms with Crippen molar-refractivity contribution in [3.05, 3.63) is 78.5 Å². The standard InChI is InChI=1S/C22H27N2O3S/c1-2-3-16-28(25,26)24(15-7-8-19(17-23)18-24)20-11-13-22(14-12-20)27-21-9-5-4-6-10-21/h4-14,18H,2-3,15-17,23H2,1H3/q+1. The molecule has 0 saturated heterocycles. The van der Waals surface area contributed by atoms with Crippen molar-refractivity contribution in [2.75, 3.05) is 18.8 Å². The van der Waals surface area contributed by atoms with Crippen LogP contribution < -0.4 is 14.4 Å². The van der Waals surface area contributed by atoms with Crippen molar-refractivity contribution in [3.8, 4) is 11.5 Å². The van der Waals surface area contributed by atoms with Crippen LogP contribution in [-0.4, -0.2) is 27.3 Å². The van der Waals surface area contributed by atoms with E-state index < -0.39 is 10.0 Å². The number of ether oxygens (including phenoxy) is 1. The molecule has 1 unspecified atom stereocenters. The monoisotopic (exact) mass is 399 g/mol. The second kappa shape index (κ2) is 8.73. The molecule has 0 amide bonds. The number of para-hydroxylation sites is 1. The van der Waals surface area contributed by atoms with Crippen molar-refractivity contribution in [1.29, 1.82) is 0 Å². The molecule has 6 heteroatoms. The summed E-state index contributed by atoms with van der Waals surface area (Å²) in [5.41, 5.74) is 7.31. The van der Waals surface area contributed by atoms with Gasteiger partial charge >= 0.3 is 10.0 Å². The first-order chi connectivity index (χ1) is 13.5. The Morgan fingerprint density at radius 2 is 1.71 bits per heavy atom. The molecule has 2 aromatic carbocycles. The van der Waals surface area contributed by atoms with Crippen molar-refractivity contribution in [3.63, 3.8) is 0 Å². The fraction of sp³-hybridized carbons (Fsp3) is 0.273. The third-order valence-electron chi connectivity index (χ3n) is 4.82. The van der Waals surface area contributed by atoms with Gasteiger partial charge in [-0.1, -0.05) is 37.6 Å². The maximum atomic E-state index is 13.3. The maximum Gasteiger partial charge on any atom is 0.306 e. The zero-order valence-electron chi connectivity index (χ0n) is 16.1. The molecule has 0 saturated carbocycles. The topological polar surface area (TPSA) is 69.4 Å². The summed E-state index contributed by atoms with van der Waals surface area (Å²) in [6.45, 7) is 2.65. The largest absolute Gasteiger partial charge is 0.457 e. The van der Waals surface area contributed by atoms with Crippen LogP contribution in [0.5, 0.6) is 11.5 Å². The molecule has 0 bridgehead atoms. The summed E-state index contributed by atoms with van der Waals surface area (Å²) < 4.78 is 32.3. The van der Waals surface area contributed by atoms with Crippen LogP contribution in [0.2, 0.25) is 0 Å². The second-order valence-electron chi connectivity index (χ2n) is 6.84. The Bertz CT molecular complexity index is 951. The van der Waals surface area contributed by atoms with Crippen LogP contribution in [0.4, 0.5) is 5.69 Å². The molecule has 0 fully saturated rings. The van der Waals surface area contributed by atoms with E-state index >= 15 is 0 Å². The van der Waals surface area contributed by atoms with Crippen LogP contribution in [0.25, 0.3) is 0 Å². The SMILES string of the molecule is CCCCS(=O)(=O)[N+]1(c2ccc(Oc3ccccc3)cc2)C=C(CN)C=CC1. The number of hydrogen-bond acceptors (Lipinski definition) is 4. The van der Waals surface area contributed by atoms with E-state index in [0.29, 0.717) is 30.9 Å². The van der Waals surface area contributed by atoms with Gasteiger partial charge in [0.25, 0.3) is 0 Å². The van der Waals surface area contributed by atoms with Gasteiger partial charge in [0.1, 0.15) is 30.0 Å². The van der Waals surface area contributed by atoms with E-state index in [0.717, 1.165) is 17.7 Å². The summed E-state index contributed by atoms with van der Waals surface area (Å²) in [5.74, 6) is 1.53. The molecule has 2 aromatic rings. The summed E-state index contributed by atoms with van der Waals surface area (Å²) in [6, 6.07) is 16.8. The Morgan fingerprint density at radius 1 is 1.04 bits per heavy atom. The van der Waals surface area contributed by atoms with E-state index in [1.165, 1.54) is 0 Å². The quantitative estimate of drug-likeness (QED) is 0.671. The molecular weight excluding hydrogens is 372 g/mol. The van der Waals surface area contributed by atoms with Crippen LogP contribution in [0.3, 0.4) is 0 Å². The van der Waals surface area contributed by atoms with Crippen molar-refractivity contribution in [1.82, 2.24) is 3.89 Å². The molecule has 28 heavy (non-hydrogen) atoms. The van der Waals surface area contributed by atoms with Crippen molar-refractivity contribution < 1.29 is 13.2 Å². The van der Waals surface area contributed by atoms with Gasteiger partial charge in [-0.05, 0) is 36.8 Å². The van der Waals surface area contributed by atoms with Gasteiger partial charge in [0.05, 0.1) is 0 Å². The molecule has 0 aliphatic carbocycles. The first-order valence-corrected chi connectivity index (χ1v) is 11.1. The number of benzene rings is 2.